The Morgan fingerprint density at radius 2 is 1.85 bits per heavy atom. The largest absolute Gasteiger partial charge is 0.452 e. The minimum atomic E-state index is -0.902. The third-order valence-corrected chi connectivity index (χ3v) is 6.50. The number of carbonyl (C=O) groups is 2. The lowest BCUT2D eigenvalue weighted by Crippen LogP contribution is -2.59. The fraction of sp³-hybridized carbons (Fsp3) is 0.619. The second kappa shape index (κ2) is 6.59. The van der Waals surface area contributed by atoms with Gasteiger partial charge in [0.25, 0.3) is 5.91 Å². The monoisotopic (exact) mass is 375 g/mol. The molecular weight excluding hydrogens is 349 g/mol. The Labute approximate surface area is 158 Å². The highest BCUT2D eigenvalue weighted by Gasteiger charge is 2.61. The maximum absolute atomic E-state index is 12.9. The molecule has 4 fully saturated rings. The predicted octanol–water partition coefficient (Wildman–Crippen LogP) is 2.70. The fourth-order valence-electron chi connectivity index (χ4n) is 5.73. The molecule has 0 saturated heterocycles. The van der Waals surface area contributed by atoms with Crippen molar-refractivity contribution < 1.29 is 23.8 Å². The van der Waals surface area contributed by atoms with Crippen LogP contribution in [-0.2, 0) is 20.9 Å². The summed E-state index contributed by atoms with van der Waals surface area (Å²) in [6, 6.07) is 5.87. The van der Waals surface area contributed by atoms with Crippen molar-refractivity contribution in [2.75, 3.05) is 0 Å². The number of hydrogen-bond acceptors (Lipinski definition) is 4. The smallest absolute Gasteiger partial charge is 0.312 e. The summed E-state index contributed by atoms with van der Waals surface area (Å²) < 4.78 is 18.5. The van der Waals surface area contributed by atoms with E-state index in [1.807, 2.05) is 0 Å². The van der Waals surface area contributed by atoms with Crippen LogP contribution in [0.5, 0.6) is 0 Å². The number of carbonyl (C=O) groups excluding carboxylic acids is 2. The zero-order valence-corrected chi connectivity index (χ0v) is 15.5. The molecule has 0 radical (unpaired) electrons. The maximum Gasteiger partial charge on any atom is 0.312 e. The fourth-order valence-corrected chi connectivity index (χ4v) is 5.73. The van der Waals surface area contributed by atoms with E-state index in [4.69, 9.17) is 4.74 Å². The summed E-state index contributed by atoms with van der Waals surface area (Å²) in [6.45, 7) is 1.81. The van der Waals surface area contributed by atoms with E-state index in [0.29, 0.717) is 18.3 Å². The Balaban J connectivity index is 1.35. The number of aliphatic hydroxyl groups is 1. The summed E-state index contributed by atoms with van der Waals surface area (Å²) in [7, 11) is 0. The predicted molar refractivity (Wildman–Crippen MR) is 95.9 cm³/mol. The van der Waals surface area contributed by atoms with Crippen LogP contribution in [0.1, 0.15) is 51.0 Å². The van der Waals surface area contributed by atoms with Crippen molar-refractivity contribution >= 4 is 11.9 Å². The van der Waals surface area contributed by atoms with Crippen molar-refractivity contribution in [1.29, 1.82) is 0 Å². The number of hydrogen-bond donors (Lipinski definition) is 2. The third kappa shape index (κ3) is 3.59. The first-order valence-electron chi connectivity index (χ1n) is 9.73. The number of halogens is 1. The Kier molecular flexibility index (Phi) is 4.49. The first kappa shape index (κ1) is 18.4. The van der Waals surface area contributed by atoms with Gasteiger partial charge in [0, 0.05) is 6.54 Å². The van der Waals surface area contributed by atoms with E-state index < -0.39 is 17.1 Å². The van der Waals surface area contributed by atoms with Gasteiger partial charge in [-0.15, -0.1) is 0 Å². The summed E-state index contributed by atoms with van der Waals surface area (Å²) in [5, 5.41) is 13.5. The summed E-state index contributed by atoms with van der Waals surface area (Å²) >= 11 is 0. The number of esters is 1. The van der Waals surface area contributed by atoms with Gasteiger partial charge in [-0.2, -0.15) is 0 Å². The summed E-state index contributed by atoms with van der Waals surface area (Å²) in [4.78, 5) is 25.2. The van der Waals surface area contributed by atoms with Gasteiger partial charge in [-0.05, 0) is 75.0 Å². The SMILES string of the molecule is C[C@H](OC(=O)C12C[C@@H]3C[C@@H](CC(O)(C3)C1)C2)C(=O)NCc1ccc(F)cc1. The zero-order valence-electron chi connectivity index (χ0n) is 15.5. The molecule has 6 heteroatoms. The quantitative estimate of drug-likeness (QED) is 0.776. The van der Waals surface area contributed by atoms with E-state index in [0.717, 1.165) is 37.7 Å². The Bertz CT molecular complexity index is 733. The second-order valence-electron chi connectivity index (χ2n) is 8.86. The zero-order chi connectivity index (χ0) is 19.2. The summed E-state index contributed by atoms with van der Waals surface area (Å²) in [5.74, 6) is -0.294. The molecule has 5 rings (SSSR count). The number of ether oxygens (including phenoxy) is 1. The second-order valence-corrected chi connectivity index (χ2v) is 8.86. The molecule has 27 heavy (non-hydrogen) atoms. The topological polar surface area (TPSA) is 75.6 Å². The molecule has 0 spiro atoms. The summed E-state index contributed by atoms with van der Waals surface area (Å²) in [6.07, 6.45) is 3.73. The van der Waals surface area contributed by atoms with Gasteiger partial charge in [0.15, 0.2) is 6.10 Å². The highest BCUT2D eigenvalue weighted by atomic mass is 19.1. The Morgan fingerprint density at radius 3 is 2.44 bits per heavy atom. The van der Waals surface area contributed by atoms with Gasteiger partial charge in [0.1, 0.15) is 5.82 Å². The Hall–Kier alpha value is -1.95. The van der Waals surface area contributed by atoms with Crippen LogP contribution in [0.3, 0.4) is 0 Å². The van der Waals surface area contributed by atoms with Gasteiger partial charge in [0.05, 0.1) is 11.0 Å². The minimum Gasteiger partial charge on any atom is -0.452 e. The number of amides is 1. The molecule has 5 nitrogen and oxygen atoms in total. The number of benzene rings is 1. The van der Waals surface area contributed by atoms with Crippen LogP contribution in [0.2, 0.25) is 0 Å². The molecule has 2 unspecified atom stereocenters. The van der Waals surface area contributed by atoms with Crippen LogP contribution in [0.4, 0.5) is 4.39 Å². The van der Waals surface area contributed by atoms with Crippen LogP contribution in [0, 0.1) is 23.1 Å². The van der Waals surface area contributed by atoms with Gasteiger partial charge in [-0.25, -0.2) is 4.39 Å². The van der Waals surface area contributed by atoms with Crippen LogP contribution in [0.15, 0.2) is 24.3 Å². The standard InChI is InChI=1S/C21H26FNO4/c1-13(18(24)23-11-14-2-4-17(22)5-3-14)27-19(25)20-7-15-6-16(8-20)10-21(26,9-15)12-20/h2-5,13,15-16,26H,6-12H2,1H3,(H,23,24)/t13-,15-,16+,20?,21?/m0/s1. The molecule has 1 amide bonds. The van der Waals surface area contributed by atoms with Crippen molar-refractivity contribution in [3.05, 3.63) is 35.6 Å². The van der Waals surface area contributed by atoms with Crippen molar-refractivity contribution in [2.45, 2.75) is 63.7 Å². The van der Waals surface area contributed by atoms with Gasteiger partial charge >= 0.3 is 5.97 Å². The lowest BCUT2D eigenvalue weighted by atomic mass is 9.48. The molecule has 1 aromatic rings. The molecule has 0 aromatic heterocycles. The average Bonchev–Trinajstić information content (AvgIpc) is 2.58. The molecule has 4 aliphatic carbocycles. The van der Waals surface area contributed by atoms with Gasteiger partial charge in [0.2, 0.25) is 0 Å². The third-order valence-electron chi connectivity index (χ3n) is 6.50. The van der Waals surface area contributed by atoms with E-state index in [2.05, 4.69) is 5.32 Å². The van der Waals surface area contributed by atoms with Gasteiger partial charge in [-0.3, -0.25) is 9.59 Å². The van der Waals surface area contributed by atoms with Crippen molar-refractivity contribution in [2.24, 2.45) is 17.3 Å². The molecule has 146 valence electrons. The van der Waals surface area contributed by atoms with E-state index in [9.17, 15) is 19.1 Å². The average molecular weight is 375 g/mol. The van der Waals surface area contributed by atoms with Crippen molar-refractivity contribution in [1.82, 2.24) is 5.32 Å². The number of rotatable bonds is 5. The van der Waals surface area contributed by atoms with Crippen LogP contribution < -0.4 is 5.32 Å². The van der Waals surface area contributed by atoms with Gasteiger partial charge < -0.3 is 15.2 Å². The number of nitrogens with one attached hydrogen (secondary N) is 1. The van der Waals surface area contributed by atoms with E-state index >= 15 is 0 Å². The van der Waals surface area contributed by atoms with Crippen LogP contribution >= 0.6 is 0 Å². The lowest BCUT2D eigenvalue weighted by molar-refractivity contribution is -0.200. The van der Waals surface area contributed by atoms with E-state index in [1.165, 1.54) is 12.1 Å². The molecule has 0 aliphatic heterocycles. The molecule has 2 N–H and O–H groups in total. The molecule has 1 aromatic carbocycles. The first-order chi connectivity index (χ1) is 12.8. The Morgan fingerprint density at radius 1 is 1.22 bits per heavy atom. The highest BCUT2D eigenvalue weighted by molar-refractivity contribution is 5.85. The molecule has 4 saturated carbocycles. The summed E-state index contributed by atoms with van der Waals surface area (Å²) in [5.41, 5.74) is -0.604. The molecule has 4 aliphatic rings. The van der Waals surface area contributed by atoms with E-state index in [-0.39, 0.29) is 24.2 Å². The maximum atomic E-state index is 12.9. The molecule has 4 bridgehead atoms. The van der Waals surface area contributed by atoms with Crippen LogP contribution in [0.25, 0.3) is 0 Å². The van der Waals surface area contributed by atoms with Crippen molar-refractivity contribution in [3.8, 4) is 0 Å². The molecule has 0 heterocycles. The van der Waals surface area contributed by atoms with Crippen molar-refractivity contribution in [3.63, 3.8) is 0 Å². The van der Waals surface area contributed by atoms with E-state index in [1.54, 1.807) is 19.1 Å². The normalized spacial score (nSPS) is 34.9. The molecular formula is C21H26FNO4. The lowest BCUT2D eigenvalue weighted by Gasteiger charge is -2.58. The minimum absolute atomic E-state index is 0.246. The first-order valence-corrected chi connectivity index (χ1v) is 9.73. The molecule has 5 atom stereocenters. The highest BCUT2D eigenvalue weighted by Crippen LogP contribution is 2.62. The van der Waals surface area contributed by atoms with Crippen LogP contribution in [-0.4, -0.2) is 28.7 Å². The van der Waals surface area contributed by atoms with Gasteiger partial charge in [-0.1, -0.05) is 12.1 Å².